The fraction of sp³-hybridized carbons (Fsp3) is 0.333. The minimum absolute atomic E-state index is 0.0179. The van der Waals surface area contributed by atoms with E-state index in [1.165, 1.54) is 41.5 Å². The molecule has 2 aromatic rings. The fourth-order valence-corrected chi connectivity index (χ4v) is 3.75. The van der Waals surface area contributed by atoms with E-state index in [0.29, 0.717) is 19.8 Å². The molecule has 8 heteroatoms. The summed E-state index contributed by atoms with van der Waals surface area (Å²) in [6.45, 7) is 3.42. The van der Waals surface area contributed by atoms with Crippen LogP contribution in [0.15, 0.2) is 58.4 Å². The molecule has 1 N–H and O–H groups in total. The third-order valence-electron chi connectivity index (χ3n) is 5.25. The molecule has 0 spiro atoms. The average molecular weight is 400 g/mol. The molecule has 0 saturated carbocycles. The summed E-state index contributed by atoms with van der Waals surface area (Å²) in [6.07, 6.45) is 1.33. The normalized spacial score (nSPS) is 20.5. The largest absolute Gasteiger partial charge is 0.503 e. The van der Waals surface area contributed by atoms with E-state index >= 15 is 0 Å². The van der Waals surface area contributed by atoms with Gasteiger partial charge < -0.3 is 19.2 Å². The number of hydrogen-bond acceptors (Lipinski definition) is 6. The number of aliphatic hydroxyl groups is 1. The van der Waals surface area contributed by atoms with Gasteiger partial charge in [0.15, 0.2) is 11.5 Å². The second-order valence-corrected chi connectivity index (χ2v) is 6.95. The molecule has 2 aliphatic rings. The van der Waals surface area contributed by atoms with Crippen LogP contribution in [0.4, 0.5) is 4.39 Å². The van der Waals surface area contributed by atoms with Gasteiger partial charge in [0.25, 0.3) is 5.91 Å². The monoisotopic (exact) mass is 400 g/mol. The molecule has 4 rings (SSSR count). The highest BCUT2D eigenvalue weighted by Crippen LogP contribution is 2.39. The fourth-order valence-electron chi connectivity index (χ4n) is 3.75. The van der Waals surface area contributed by atoms with E-state index in [2.05, 4.69) is 4.90 Å². The number of ether oxygens (including phenoxy) is 1. The van der Waals surface area contributed by atoms with Crippen LogP contribution in [0.1, 0.15) is 22.2 Å². The summed E-state index contributed by atoms with van der Waals surface area (Å²) in [5, 5.41) is 10.5. The van der Waals surface area contributed by atoms with Crippen molar-refractivity contribution in [2.24, 2.45) is 0 Å². The molecule has 2 aliphatic heterocycles. The quantitative estimate of drug-likeness (QED) is 0.750. The Hall–Kier alpha value is -2.97. The number of Topliss-reactive ketones (excluding diaryl/α,β-unsaturated/α-hetero) is 1. The lowest BCUT2D eigenvalue weighted by Gasteiger charge is -2.31. The van der Waals surface area contributed by atoms with Crippen molar-refractivity contribution in [3.05, 3.63) is 71.1 Å². The van der Waals surface area contributed by atoms with Crippen LogP contribution in [0, 0.1) is 5.82 Å². The maximum atomic E-state index is 14.6. The van der Waals surface area contributed by atoms with E-state index < -0.39 is 29.3 Å². The van der Waals surface area contributed by atoms with Gasteiger partial charge in [-0.25, -0.2) is 4.39 Å². The van der Waals surface area contributed by atoms with Crippen molar-refractivity contribution in [1.29, 1.82) is 0 Å². The third kappa shape index (κ3) is 3.68. The minimum Gasteiger partial charge on any atom is -0.503 e. The summed E-state index contributed by atoms with van der Waals surface area (Å²) in [4.78, 5) is 29.3. The smallest absolute Gasteiger partial charge is 0.290 e. The molecule has 3 heterocycles. The lowest BCUT2D eigenvalue weighted by molar-refractivity contribution is -0.129. The minimum atomic E-state index is -1.03. The summed E-state index contributed by atoms with van der Waals surface area (Å²) < 4.78 is 25.1. The predicted molar refractivity (Wildman–Crippen MR) is 101 cm³/mol. The molecular weight excluding hydrogens is 379 g/mol. The predicted octanol–water partition coefficient (Wildman–Crippen LogP) is 2.33. The van der Waals surface area contributed by atoms with Crippen LogP contribution in [0.3, 0.4) is 0 Å². The number of hydrogen-bond donors (Lipinski definition) is 1. The Bertz CT molecular complexity index is 934. The second kappa shape index (κ2) is 8.18. The molecule has 152 valence electrons. The topological polar surface area (TPSA) is 83.2 Å². The molecule has 1 amide bonds. The zero-order valence-electron chi connectivity index (χ0n) is 15.7. The number of ketones is 1. The zero-order chi connectivity index (χ0) is 20.4. The Labute approximate surface area is 167 Å². The van der Waals surface area contributed by atoms with E-state index in [9.17, 15) is 19.1 Å². The first-order valence-electron chi connectivity index (χ1n) is 9.44. The van der Waals surface area contributed by atoms with Crippen LogP contribution >= 0.6 is 0 Å². The first-order valence-corrected chi connectivity index (χ1v) is 9.44. The van der Waals surface area contributed by atoms with Gasteiger partial charge in [0, 0.05) is 31.7 Å². The lowest BCUT2D eigenvalue weighted by Crippen LogP contribution is -2.43. The van der Waals surface area contributed by atoms with Crippen molar-refractivity contribution < 1.29 is 28.2 Å². The summed E-state index contributed by atoms with van der Waals surface area (Å²) >= 11 is 0. The number of carbonyl (C=O) groups is 2. The highest BCUT2D eigenvalue weighted by molar-refractivity contribution is 6.15. The van der Waals surface area contributed by atoms with E-state index in [1.54, 1.807) is 6.07 Å². The van der Waals surface area contributed by atoms with Gasteiger partial charge in [-0.3, -0.25) is 14.5 Å². The number of furan rings is 1. The zero-order valence-corrected chi connectivity index (χ0v) is 15.7. The second-order valence-electron chi connectivity index (χ2n) is 6.95. The van der Waals surface area contributed by atoms with Gasteiger partial charge in [-0.1, -0.05) is 18.2 Å². The first kappa shape index (κ1) is 19.4. The molecule has 1 fully saturated rings. The number of halogens is 1. The van der Waals surface area contributed by atoms with Crippen molar-refractivity contribution in [3.8, 4) is 0 Å². The van der Waals surface area contributed by atoms with Crippen LogP contribution in [-0.4, -0.2) is 66.0 Å². The van der Waals surface area contributed by atoms with Crippen LogP contribution in [0.2, 0.25) is 0 Å². The lowest BCUT2D eigenvalue weighted by atomic mass is 9.94. The Morgan fingerprint density at radius 3 is 2.59 bits per heavy atom. The van der Waals surface area contributed by atoms with E-state index in [-0.39, 0.29) is 23.4 Å². The molecule has 0 bridgehead atoms. The molecule has 1 aromatic carbocycles. The van der Waals surface area contributed by atoms with Gasteiger partial charge >= 0.3 is 0 Å². The van der Waals surface area contributed by atoms with Gasteiger partial charge in [-0.05, 0) is 18.2 Å². The van der Waals surface area contributed by atoms with Crippen molar-refractivity contribution in [1.82, 2.24) is 9.80 Å². The van der Waals surface area contributed by atoms with Gasteiger partial charge in [-0.2, -0.15) is 0 Å². The van der Waals surface area contributed by atoms with Crippen molar-refractivity contribution in [3.63, 3.8) is 0 Å². The first-order chi connectivity index (χ1) is 14.1. The van der Waals surface area contributed by atoms with Crippen LogP contribution < -0.4 is 0 Å². The Morgan fingerprint density at radius 1 is 1.14 bits per heavy atom. The number of benzene rings is 1. The highest BCUT2D eigenvalue weighted by atomic mass is 19.1. The molecule has 0 radical (unpaired) electrons. The van der Waals surface area contributed by atoms with Crippen LogP contribution in [0.5, 0.6) is 0 Å². The van der Waals surface area contributed by atoms with Gasteiger partial charge in [0.1, 0.15) is 5.82 Å². The number of aliphatic hydroxyl groups excluding tert-OH is 1. The summed E-state index contributed by atoms with van der Waals surface area (Å²) in [6, 6.07) is 7.91. The maximum absolute atomic E-state index is 14.6. The molecule has 0 unspecified atom stereocenters. The Balaban J connectivity index is 1.68. The van der Waals surface area contributed by atoms with Gasteiger partial charge in [0.05, 0.1) is 31.1 Å². The Kier molecular flexibility index (Phi) is 5.46. The number of carbonyl (C=O) groups excluding carboxylic acids is 2. The number of amides is 1. The van der Waals surface area contributed by atoms with E-state index in [4.69, 9.17) is 9.15 Å². The Morgan fingerprint density at radius 2 is 1.90 bits per heavy atom. The number of morpholine rings is 1. The van der Waals surface area contributed by atoms with Gasteiger partial charge in [0.2, 0.25) is 5.78 Å². The highest BCUT2D eigenvalue weighted by Gasteiger charge is 2.45. The van der Waals surface area contributed by atoms with Crippen LogP contribution in [-0.2, 0) is 9.53 Å². The number of nitrogens with zero attached hydrogens (tertiary/aromatic N) is 2. The maximum Gasteiger partial charge on any atom is 0.290 e. The molecule has 7 nitrogen and oxygen atoms in total. The molecule has 1 atom stereocenters. The summed E-state index contributed by atoms with van der Waals surface area (Å²) in [5.74, 6) is -2.57. The summed E-state index contributed by atoms with van der Waals surface area (Å²) in [7, 11) is 0. The van der Waals surface area contributed by atoms with Crippen molar-refractivity contribution >= 4 is 11.7 Å². The molecule has 1 aromatic heterocycles. The third-order valence-corrected chi connectivity index (χ3v) is 5.25. The molecule has 1 saturated heterocycles. The van der Waals surface area contributed by atoms with Crippen molar-refractivity contribution in [2.45, 2.75) is 6.04 Å². The number of rotatable bonds is 6. The van der Waals surface area contributed by atoms with Crippen LogP contribution in [0.25, 0.3) is 0 Å². The molecule has 0 aliphatic carbocycles. The SMILES string of the molecule is O=C(C1=C(O)C(=O)N(CCN2CCOCC2)[C@@H]1c1ccccc1F)c1ccco1. The standard InChI is InChI=1S/C21H21FN2O5/c22-15-5-2-1-4-14(15)18-17(19(25)16-6-3-11-29-16)20(26)21(27)24(18)8-7-23-9-12-28-13-10-23/h1-6,11,18,26H,7-10,12-13H2/t18-/m1/s1. The van der Waals surface area contributed by atoms with E-state index in [0.717, 1.165) is 13.1 Å². The molecular formula is C21H21FN2O5. The molecule has 29 heavy (non-hydrogen) atoms. The summed E-state index contributed by atoms with van der Waals surface area (Å²) in [5.41, 5.74) is -0.0150. The van der Waals surface area contributed by atoms with Crippen molar-refractivity contribution in [2.75, 3.05) is 39.4 Å². The average Bonchev–Trinajstić information content (AvgIpc) is 3.35. The van der Waals surface area contributed by atoms with E-state index in [1.807, 2.05) is 0 Å². The van der Waals surface area contributed by atoms with Gasteiger partial charge in [-0.15, -0.1) is 0 Å².